The molecule has 12 heteroatoms. The van der Waals surface area contributed by atoms with E-state index in [1.165, 1.54) is 16.3 Å². The summed E-state index contributed by atoms with van der Waals surface area (Å²) in [4.78, 5) is 27.9. The first-order chi connectivity index (χ1) is 19.4. The van der Waals surface area contributed by atoms with Gasteiger partial charge in [-0.2, -0.15) is 18.4 Å². The quantitative estimate of drug-likeness (QED) is 0.421. The molecule has 220 valence electrons. The number of carbonyl (C=O) groups excluding carboxylic acids is 1. The molecule has 1 amide bonds. The van der Waals surface area contributed by atoms with Gasteiger partial charge in [0.1, 0.15) is 21.8 Å². The van der Waals surface area contributed by atoms with E-state index < -0.39 is 29.8 Å². The van der Waals surface area contributed by atoms with E-state index in [2.05, 4.69) is 40.9 Å². The molecule has 8 nitrogen and oxygen atoms in total. The highest BCUT2D eigenvalue weighted by Crippen LogP contribution is 2.35. The van der Waals surface area contributed by atoms with Crippen molar-refractivity contribution in [3.05, 3.63) is 49.5 Å². The smallest absolute Gasteiger partial charge is 0.360 e. The topological polar surface area (TPSA) is 95.1 Å². The molecule has 0 bridgehead atoms. The summed E-state index contributed by atoms with van der Waals surface area (Å²) in [5, 5.41) is 15.6. The summed E-state index contributed by atoms with van der Waals surface area (Å²) in [7, 11) is 2.04. The lowest BCUT2D eigenvalue weighted by atomic mass is 9.89. The van der Waals surface area contributed by atoms with Crippen molar-refractivity contribution in [2.75, 3.05) is 31.5 Å². The molecule has 1 aliphatic rings. The lowest BCUT2D eigenvalue weighted by Gasteiger charge is -2.33. The van der Waals surface area contributed by atoms with Crippen LogP contribution in [0.15, 0.2) is 29.2 Å². The maximum atomic E-state index is 13.0. The number of halogens is 3. The minimum atomic E-state index is -4.62. The van der Waals surface area contributed by atoms with Crippen LogP contribution in [0.25, 0.3) is 22.7 Å². The monoisotopic (exact) mass is 588 g/mol. The number of piperidine rings is 1. The van der Waals surface area contributed by atoms with Gasteiger partial charge in [-0.3, -0.25) is 14.2 Å². The fourth-order valence-electron chi connectivity index (χ4n) is 5.39. The number of alkyl halides is 3. The van der Waals surface area contributed by atoms with Crippen LogP contribution in [-0.4, -0.2) is 52.3 Å². The molecule has 1 fully saturated rings. The first kappa shape index (κ1) is 30.4. The molecule has 0 unspecified atom stereocenters. The molecular formula is C29H35F3N6O2S. The van der Waals surface area contributed by atoms with Gasteiger partial charge in [0, 0.05) is 49.1 Å². The molecule has 2 N–H and O–H groups in total. The number of benzene rings is 1. The van der Waals surface area contributed by atoms with Crippen LogP contribution in [0.2, 0.25) is 0 Å². The predicted octanol–water partition coefficient (Wildman–Crippen LogP) is 3.46. The number of nitrogens with zero attached hydrogens (tertiary/aromatic N) is 4. The standard InChI is InChI=1S/C29H35F3N6O2S/c1-5-38-27(40)25(41-28(38)22(13-33)26(39)35-17-29(30,31)32)14-34-20-6-7-24-21(12-20)23(16-36(24)4)19-8-10-37(11-9-19)15-18(2)3/h6-7,12,14,16,18-19,34H,5,8-11,15,17H2,1-4H3,(H,35,39)/b25-14-,28-22+. The number of likely N-dealkylation sites (tertiary alicyclic amines) is 1. The Kier molecular flexibility index (Phi) is 9.29. The minimum absolute atomic E-state index is 0.0114. The Labute approximate surface area is 240 Å². The van der Waals surface area contributed by atoms with Crippen molar-refractivity contribution >= 4 is 45.6 Å². The van der Waals surface area contributed by atoms with Crippen LogP contribution < -0.4 is 25.4 Å². The molecule has 0 spiro atoms. The van der Waals surface area contributed by atoms with Crippen molar-refractivity contribution in [1.29, 1.82) is 5.26 Å². The number of aryl methyl sites for hydroxylation is 1. The molecule has 0 atom stereocenters. The third kappa shape index (κ3) is 7.02. The number of fused-ring (bicyclic) bond motifs is 1. The van der Waals surface area contributed by atoms with Crippen LogP contribution in [0.3, 0.4) is 0 Å². The number of carbonyl (C=O) groups is 1. The molecule has 1 aliphatic heterocycles. The van der Waals surface area contributed by atoms with Crippen molar-refractivity contribution in [2.24, 2.45) is 13.0 Å². The Balaban J connectivity index is 1.63. The zero-order valence-corrected chi connectivity index (χ0v) is 24.5. The van der Waals surface area contributed by atoms with Gasteiger partial charge >= 0.3 is 6.18 Å². The molecule has 1 saturated heterocycles. The summed E-state index contributed by atoms with van der Waals surface area (Å²) in [6.45, 7) is 7.99. The van der Waals surface area contributed by atoms with Crippen LogP contribution in [0.4, 0.5) is 18.9 Å². The number of hydrogen-bond donors (Lipinski definition) is 2. The number of amides is 1. The first-order valence-electron chi connectivity index (χ1n) is 13.7. The van der Waals surface area contributed by atoms with E-state index in [9.17, 15) is 28.0 Å². The molecule has 2 aromatic heterocycles. The van der Waals surface area contributed by atoms with Crippen LogP contribution in [-0.2, 0) is 18.4 Å². The fourth-order valence-corrected chi connectivity index (χ4v) is 6.47. The lowest BCUT2D eigenvalue weighted by Crippen LogP contribution is -2.37. The number of nitrogens with one attached hydrogen (secondary N) is 2. The van der Waals surface area contributed by atoms with Gasteiger partial charge in [-0.15, -0.1) is 11.3 Å². The normalized spacial score (nSPS) is 16.3. The van der Waals surface area contributed by atoms with E-state index in [0.717, 1.165) is 60.4 Å². The van der Waals surface area contributed by atoms with Gasteiger partial charge in [-0.25, -0.2) is 0 Å². The Morgan fingerprint density at radius 1 is 1.27 bits per heavy atom. The van der Waals surface area contributed by atoms with Crippen LogP contribution >= 0.6 is 11.3 Å². The van der Waals surface area contributed by atoms with Gasteiger partial charge in [0.2, 0.25) is 0 Å². The molecule has 3 aromatic rings. The van der Waals surface area contributed by atoms with Crippen molar-refractivity contribution in [1.82, 2.24) is 19.4 Å². The van der Waals surface area contributed by atoms with Gasteiger partial charge in [-0.1, -0.05) is 13.8 Å². The number of hydrogen-bond acceptors (Lipinski definition) is 6. The molecule has 3 heterocycles. The van der Waals surface area contributed by atoms with E-state index in [1.807, 2.05) is 19.2 Å². The van der Waals surface area contributed by atoms with E-state index in [-0.39, 0.29) is 15.7 Å². The molecular weight excluding hydrogens is 553 g/mol. The maximum Gasteiger partial charge on any atom is 0.405 e. The van der Waals surface area contributed by atoms with Gasteiger partial charge in [0.15, 0.2) is 5.57 Å². The van der Waals surface area contributed by atoms with Crippen molar-refractivity contribution < 1.29 is 18.0 Å². The summed E-state index contributed by atoms with van der Waals surface area (Å²) in [6.07, 6.45) is 1.29. The van der Waals surface area contributed by atoms with Crippen molar-refractivity contribution in [3.63, 3.8) is 0 Å². The molecule has 41 heavy (non-hydrogen) atoms. The molecule has 4 rings (SSSR count). The largest absolute Gasteiger partial charge is 0.405 e. The number of anilines is 1. The Morgan fingerprint density at radius 3 is 2.59 bits per heavy atom. The number of aromatic nitrogens is 2. The number of thiazole rings is 1. The predicted molar refractivity (Wildman–Crippen MR) is 156 cm³/mol. The number of rotatable bonds is 8. The van der Waals surface area contributed by atoms with Crippen LogP contribution in [0.5, 0.6) is 0 Å². The van der Waals surface area contributed by atoms with Gasteiger partial charge in [-0.05, 0) is 68.5 Å². The van der Waals surface area contributed by atoms with Gasteiger partial charge < -0.3 is 20.1 Å². The maximum absolute atomic E-state index is 13.0. The Morgan fingerprint density at radius 2 is 1.98 bits per heavy atom. The highest BCUT2D eigenvalue weighted by atomic mass is 32.1. The molecule has 1 aromatic carbocycles. The second-order valence-electron chi connectivity index (χ2n) is 10.8. The average molecular weight is 589 g/mol. The third-order valence-corrected chi connectivity index (χ3v) is 8.40. The average Bonchev–Trinajstić information content (AvgIpc) is 3.42. The van der Waals surface area contributed by atoms with E-state index in [1.54, 1.807) is 18.3 Å². The zero-order valence-electron chi connectivity index (χ0n) is 23.6. The van der Waals surface area contributed by atoms with Crippen molar-refractivity contribution in [2.45, 2.75) is 52.3 Å². The van der Waals surface area contributed by atoms with Crippen LogP contribution in [0, 0.1) is 17.2 Å². The summed E-state index contributed by atoms with van der Waals surface area (Å²) < 4.78 is 41.3. The summed E-state index contributed by atoms with van der Waals surface area (Å²) in [5.74, 6) is -0.0722. The second kappa shape index (κ2) is 12.5. The molecule has 0 radical (unpaired) electrons. The second-order valence-corrected chi connectivity index (χ2v) is 11.8. The van der Waals surface area contributed by atoms with Gasteiger partial charge in [0.05, 0.1) is 0 Å². The summed E-state index contributed by atoms with van der Waals surface area (Å²) in [5.41, 5.74) is 2.21. The Hall–Kier alpha value is -3.56. The van der Waals surface area contributed by atoms with E-state index >= 15 is 0 Å². The summed E-state index contributed by atoms with van der Waals surface area (Å²) in [6, 6.07) is 7.67. The highest BCUT2D eigenvalue weighted by Gasteiger charge is 2.29. The highest BCUT2D eigenvalue weighted by molar-refractivity contribution is 7.07. The first-order valence-corrected chi connectivity index (χ1v) is 14.5. The Bertz CT molecular complexity index is 1640. The van der Waals surface area contributed by atoms with Crippen LogP contribution in [0.1, 0.15) is 45.1 Å². The van der Waals surface area contributed by atoms with Crippen molar-refractivity contribution in [3.8, 4) is 6.07 Å². The zero-order chi connectivity index (χ0) is 29.9. The van der Waals surface area contributed by atoms with E-state index in [4.69, 9.17) is 0 Å². The third-order valence-electron chi connectivity index (χ3n) is 7.27. The SMILES string of the molecule is CCn1c(=O)/c(=C/Nc2ccc3c(c2)c(C2CCN(CC(C)C)CC2)cn3C)s/c1=C(\C#N)C(=O)NCC(F)(F)F. The molecule has 0 saturated carbocycles. The summed E-state index contributed by atoms with van der Waals surface area (Å²) >= 11 is 0.884. The fraction of sp³-hybridized carbons (Fsp3) is 0.483. The van der Waals surface area contributed by atoms with Gasteiger partial charge in [0.25, 0.3) is 11.5 Å². The van der Waals surface area contributed by atoms with E-state index in [0.29, 0.717) is 11.8 Å². The minimum Gasteiger partial charge on any atom is -0.360 e. The number of nitriles is 1. The lowest BCUT2D eigenvalue weighted by molar-refractivity contribution is -0.135. The molecule has 0 aliphatic carbocycles.